The molecule has 0 amide bonds. The Balaban J connectivity index is 1.68. The zero-order valence-corrected chi connectivity index (χ0v) is 13.6. The van der Waals surface area contributed by atoms with Gasteiger partial charge in [0.25, 0.3) is 5.95 Å². The Morgan fingerprint density at radius 2 is 2.04 bits per heavy atom. The number of aromatic nitrogens is 4. The van der Waals surface area contributed by atoms with Crippen LogP contribution in [0.2, 0.25) is 0 Å². The van der Waals surface area contributed by atoms with E-state index in [1.807, 2.05) is 51.1 Å². The van der Waals surface area contributed by atoms with Crippen LogP contribution in [-0.4, -0.2) is 25.9 Å². The first kappa shape index (κ1) is 14.4. The fraction of sp³-hybridized carbons (Fsp3) is 0.176. The molecule has 7 heteroatoms. The summed E-state index contributed by atoms with van der Waals surface area (Å²) >= 11 is 0. The van der Waals surface area contributed by atoms with Gasteiger partial charge in [-0.2, -0.15) is 10.1 Å². The molecule has 0 saturated carbocycles. The van der Waals surface area contributed by atoms with Gasteiger partial charge >= 0.3 is 0 Å². The third kappa shape index (κ3) is 2.40. The smallest absolute Gasteiger partial charge is 0.265 e. The van der Waals surface area contributed by atoms with E-state index < -0.39 is 0 Å². The summed E-state index contributed by atoms with van der Waals surface area (Å²) in [6.07, 6.45) is 0. The van der Waals surface area contributed by atoms with E-state index in [0.29, 0.717) is 23.1 Å². The molecule has 0 aliphatic carbocycles. The average Bonchev–Trinajstić information content (AvgIpc) is 3.17. The molecule has 3 aromatic heterocycles. The number of rotatable bonds is 3. The van der Waals surface area contributed by atoms with E-state index in [2.05, 4.69) is 30.7 Å². The summed E-state index contributed by atoms with van der Waals surface area (Å²) in [5, 5.41) is 13.6. The van der Waals surface area contributed by atoms with Gasteiger partial charge in [0.05, 0.1) is 5.52 Å². The van der Waals surface area contributed by atoms with Gasteiger partial charge in [0.15, 0.2) is 5.65 Å². The molecule has 0 radical (unpaired) electrons. The number of hydrogen-bond acceptors (Lipinski definition) is 6. The van der Waals surface area contributed by atoms with Crippen molar-refractivity contribution in [2.75, 3.05) is 5.43 Å². The normalized spacial score (nSPS) is 12.2. The molecule has 4 aromatic rings. The van der Waals surface area contributed by atoms with Gasteiger partial charge in [0.2, 0.25) is 0 Å². The van der Waals surface area contributed by atoms with E-state index in [4.69, 9.17) is 4.42 Å². The molecule has 4 rings (SSSR count). The van der Waals surface area contributed by atoms with Gasteiger partial charge in [-0.1, -0.05) is 18.2 Å². The highest BCUT2D eigenvalue weighted by Crippen LogP contribution is 2.24. The molecule has 120 valence electrons. The quantitative estimate of drug-likeness (QED) is 0.445. The summed E-state index contributed by atoms with van der Waals surface area (Å²) in [7, 11) is 0. The average molecular weight is 320 g/mol. The lowest BCUT2D eigenvalue weighted by Crippen LogP contribution is -2.02. The maximum absolute atomic E-state index is 5.52. The number of hydrazone groups is 1. The van der Waals surface area contributed by atoms with Crippen LogP contribution >= 0.6 is 0 Å². The van der Waals surface area contributed by atoms with Gasteiger partial charge in [0.1, 0.15) is 22.7 Å². The topological polar surface area (TPSA) is 92.0 Å². The Morgan fingerprint density at radius 1 is 1.17 bits per heavy atom. The number of nitrogens with zero attached hydrogens (tertiary/aromatic N) is 4. The molecule has 7 nitrogen and oxygen atoms in total. The van der Waals surface area contributed by atoms with Gasteiger partial charge < -0.3 is 9.40 Å². The third-order valence-electron chi connectivity index (χ3n) is 3.88. The standard InChI is InChI=1S/C17H16N6O/c1-9-5-4-6-12-14(9)18-16-15(12)21-23-17(19-16)22-20-11(3)13-8-7-10(2)24-13/h4-8H,1-3H3,(H2,18,19,22,23)/b20-11+. The van der Waals surface area contributed by atoms with Gasteiger partial charge in [-0.15, -0.1) is 10.2 Å². The van der Waals surface area contributed by atoms with E-state index in [1.165, 1.54) is 0 Å². The van der Waals surface area contributed by atoms with Crippen LogP contribution in [0.25, 0.3) is 22.1 Å². The van der Waals surface area contributed by atoms with Crippen LogP contribution in [0.15, 0.2) is 39.9 Å². The predicted octanol–water partition coefficient (Wildman–Crippen LogP) is 3.55. The van der Waals surface area contributed by atoms with Crippen molar-refractivity contribution in [3.05, 3.63) is 47.4 Å². The molecule has 24 heavy (non-hydrogen) atoms. The minimum Gasteiger partial charge on any atom is -0.460 e. The summed E-state index contributed by atoms with van der Waals surface area (Å²) in [5.74, 6) is 1.87. The molecule has 0 spiro atoms. The number of fused-ring (bicyclic) bond motifs is 3. The van der Waals surface area contributed by atoms with E-state index in [1.54, 1.807) is 0 Å². The minimum atomic E-state index is 0.328. The Morgan fingerprint density at radius 3 is 2.83 bits per heavy atom. The molecule has 3 heterocycles. The second-order valence-corrected chi connectivity index (χ2v) is 5.67. The van der Waals surface area contributed by atoms with E-state index in [9.17, 15) is 0 Å². The Hall–Kier alpha value is -3.22. The number of aromatic amines is 1. The van der Waals surface area contributed by atoms with Crippen molar-refractivity contribution in [2.24, 2.45) is 5.10 Å². The van der Waals surface area contributed by atoms with Crippen LogP contribution in [0.5, 0.6) is 0 Å². The van der Waals surface area contributed by atoms with Crippen molar-refractivity contribution in [3.63, 3.8) is 0 Å². The van der Waals surface area contributed by atoms with Gasteiger partial charge in [-0.05, 0) is 38.5 Å². The zero-order chi connectivity index (χ0) is 16.7. The molecule has 0 aliphatic rings. The lowest BCUT2D eigenvalue weighted by Gasteiger charge is -1.99. The molecule has 0 atom stereocenters. The molecule has 0 unspecified atom stereocenters. The van der Waals surface area contributed by atoms with Crippen molar-refractivity contribution in [2.45, 2.75) is 20.8 Å². The highest BCUT2D eigenvalue weighted by molar-refractivity contribution is 6.04. The third-order valence-corrected chi connectivity index (χ3v) is 3.88. The van der Waals surface area contributed by atoms with Crippen LogP contribution in [0, 0.1) is 13.8 Å². The molecule has 0 fully saturated rings. The van der Waals surface area contributed by atoms with Crippen molar-refractivity contribution in [1.82, 2.24) is 20.2 Å². The van der Waals surface area contributed by atoms with Gasteiger partial charge in [0, 0.05) is 5.39 Å². The monoisotopic (exact) mass is 320 g/mol. The SMILES string of the molecule is C/C(=N\Nc1nnc2c(n1)[nH]c1c(C)cccc12)c1ccc(C)o1. The summed E-state index contributed by atoms with van der Waals surface area (Å²) in [5.41, 5.74) is 7.13. The number of benzene rings is 1. The largest absolute Gasteiger partial charge is 0.460 e. The zero-order valence-electron chi connectivity index (χ0n) is 13.6. The molecule has 1 aromatic carbocycles. The summed E-state index contributed by atoms with van der Waals surface area (Å²) in [6.45, 7) is 5.79. The van der Waals surface area contributed by atoms with Crippen LogP contribution in [-0.2, 0) is 0 Å². The maximum atomic E-state index is 5.52. The first-order chi connectivity index (χ1) is 11.6. The van der Waals surface area contributed by atoms with Crippen LogP contribution in [0.1, 0.15) is 24.0 Å². The molecule has 0 bridgehead atoms. The highest BCUT2D eigenvalue weighted by atomic mass is 16.3. The molecule has 0 aliphatic heterocycles. The van der Waals surface area contributed by atoms with Crippen molar-refractivity contribution >= 4 is 33.7 Å². The molecule has 2 N–H and O–H groups in total. The minimum absolute atomic E-state index is 0.328. The highest BCUT2D eigenvalue weighted by Gasteiger charge is 2.10. The summed E-state index contributed by atoms with van der Waals surface area (Å²) in [6, 6.07) is 9.82. The van der Waals surface area contributed by atoms with Gasteiger partial charge in [-0.25, -0.2) is 5.43 Å². The van der Waals surface area contributed by atoms with Crippen LogP contribution in [0.4, 0.5) is 5.95 Å². The lowest BCUT2D eigenvalue weighted by molar-refractivity contribution is 0.525. The van der Waals surface area contributed by atoms with E-state index >= 15 is 0 Å². The molecular weight excluding hydrogens is 304 g/mol. The Kier molecular flexibility index (Phi) is 3.26. The van der Waals surface area contributed by atoms with Crippen molar-refractivity contribution < 1.29 is 4.42 Å². The number of nitrogens with one attached hydrogen (secondary N) is 2. The van der Waals surface area contributed by atoms with E-state index in [0.717, 1.165) is 27.7 Å². The summed E-state index contributed by atoms with van der Waals surface area (Å²) < 4.78 is 5.52. The fourth-order valence-electron chi connectivity index (χ4n) is 2.61. The van der Waals surface area contributed by atoms with Gasteiger partial charge in [-0.3, -0.25) is 0 Å². The lowest BCUT2D eigenvalue weighted by atomic mass is 10.1. The number of hydrogen-bond donors (Lipinski definition) is 2. The maximum Gasteiger partial charge on any atom is 0.265 e. The molecular formula is C17H16N6O. The van der Waals surface area contributed by atoms with Crippen LogP contribution in [0.3, 0.4) is 0 Å². The predicted molar refractivity (Wildman–Crippen MR) is 93.2 cm³/mol. The first-order valence-corrected chi connectivity index (χ1v) is 7.60. The Bertz CT molecular complexity index is 1080. The number of H-pyrrole nitrogens is 1. The van der Waals surface area contributed by atoms with Crippen molar-refractivity contribution in [1.29, 1.82) is 0 Å². The number of para-hydroxylation sites is 1. The number of aryl methyl sites for hydroxylation is 2. The second-order valence-electron chi connectivity index (χ2n) is 5.67. The Labute approximate surface area is 137 Å². The van der Waals surface area contributed by atoms with Crippen LogP contribution < -0.4 is 5.43 Å². The number of anilines is 1. The fourth-order valence-corrected chi connectivity index (χ4v) is 2.61. The number of furan rings is 1. The summed E-state index contributed by atoms with van der Waals surface area (Å²) in [4.78, 5) is 7.74. The second kappa shape index (κ2) is 5.45. The van der Waals surface area contributed by atoms with Crippen molar-refractivity contribution in [3.8, 4) is 0 Å². The first-order valence-electron chi connectivity index (χ1n) is 7.60. The van der Waals surface area contributed by atoms with E-state index in [-0.39, 0.29) is 0 Å². The molecule has 0 saturated heterocycles.